The number of fused-ring (bicyclic) bond motifs is 1. The van der Waals surface area contributed by atoms with E-state index in [9.17, 15) is 0 Å². The second-order valence-electron chi connectivity index (χ2n) is 6.13. The first-order valence-electron chi connectivity index (χ1n) is 7.89. The molecule has 0 saturated heterocycles. The first kappa shape index (κ1) is 14.1. The number of hydrogen-bond donors (Lipinski definition) is 3. The molecule has 2 heterocycles. The van der Waals surface area contributed by atoms with Gasteiger partial charge in [-0.2, -0.15) is 15.1 Å². The van der Waals surface area contributed by atoms with E-state index in [1.54, 1.807) is 6.20 Å². The van der Waals surface area contributed by atoms with Crippen LogP contribution >= 0.6 is 0 Å². The molecule has 2 aromatic heterocycles. The number of rotatable bonds is 5. The highest BCUT2D eigenvalue weighted by Crippen LogP contribution is 2.30. The summed E-state index contributed by atoms with van der Waals surface area (Å²) in [4.78, 5) is 8.84. The lowest BCUT2D eigenvalue weighted by Gasteiger charge is -2.26. The lowest BCUT2D eigenvalue weighted by Crippen LogP contribution is -2.17. The van der Waals surface area contributed by atoms with Crippen LogP contribution in [-0.2, 0) is 0 Å². The van der Waals surface area contributed by atoms with Crippen molar-refractivity contribution in [2.45, 2.75) is 39.0 Å². The van der Waals surface area contributed by atoms with Gasteiger partial charge in [0, 0.05) is 13.6 Å². The Bertz CT molecular complexity index is 593. The Morgan fingerprint density at radius 2 is 2.24 bits per heavy atom. The summed E-state index contributed by atoms with van der Waals surface area (Å²) in [6.07, 6.45) is 8.52. The summed E-state index contributed by atoms with van der Waals surface area (Å²) in [5, 5.41) is 14.3. The van der Waals surface area contributed by atoms with Crippen molar-refractivity contribution in [3.05, 3.63) is 6.20 Å². The highest BCUT2D eigenvalue weighted by atomic mass is 15.2. The van der Waals surface area contributed by atoms with Gasteiger partial charge in [0.05, 0.1) is 11.6 Å². The van der Waals surface area contributed by atoms with E-state index in [0.717, 1.165) is 35.2 Å². The van der Waals surface area contributed by atoms with Gasteiger partial charge in [0.15, 0.2) is 5.65 Å². The lowest BCUT2D eigenvalue weighted by molar-refractivity contribution is 0.274. The Hall–Kier alpha value is -1.85. The maximum Gasteiger partial charge on any atom is 0.226 e. The average Bonchev–Trinajstić information content (AvgIpc) is 2.95. The van der Waals surface area contributed by atoms with Crippen molar-refractivity contribution in [2.24, 2.45) is 11.8 Å². The van der Waals surface area contributed by atoms with Crippen molar-refractivity contribution in [3.63, 3.8) is 0 Å². The van der Waals surface area contributed by atoms with Crippen LogP contribution in [0.2, 0.25) is 0 Å². The highest BCUT2D eigenvalue weighted by Gasteiger charge is 2.18. The minimum Gasteiger partial charge on any atom is -0.369 e. The molecule has 1 aliphatic rings. The van der Waals surface area contributed by atoms with Gasteiger partial charge >= 0.3 is 0 Å². The smallest absolute Gasteiger partial charge is 0.226 e. The van der Waals surface area contributed by atoms with E-state index in [2.05, 4.69) is 37.7 Å². The van der Waals surface area contributed by atoms with Crippen molar-refractivity contribution >= 4 is 22.8 Å². The molecular formula is C15H24N6. The number of aromatic amines is 1. The zero-order chi connectivity index (χ0) is 14.7. The molecule has 2 atom stereocenters. The maximum absolute atomic E-state index is 4.50. The molecule has 114 valence electrons. The van der Waals surface area contributed by atoms with Crippen LogP contribution in [0.1, 0.15) is 39.0 Å². The predicted molar refractivity (Wildman–Crippen MR) is 85.5 cm³/mol. The minimum atomic E-state index is 0.612. The molecule has 1 aliphatic carbocycles. The second-order valence-corrected chi connectivity index (χ2v) is 6.13. The van der Waals surface area contributed by atoms with Crippen LogP contribution in [0.5, 0.6) is 0 Å². The zero-order valence-electron chi connectivity index (χ0n) is 12.8. The fraction of sp³-hybridized carbons (Fsp3) is 0.667. The lowest BCUT2D eigenvalue weighted by atomic mass is 9.81. The monoisotopic (exact) mass is 288 g/mol. The molecule has 0 aliphatic heterocycles. The molecule has 6 heteroatoms. The number of hydrogen-bond acceptors (Lipinski definition) is 5. The number of nitrogens with one attached hydrogen (secondary N) is 3. The van der Waals surface area contributed by atoms with Crippen molar-refractivity contribution < 1.29 is 0 Å². The van der Waals surface area contributed by atoms with Gasteiger partial charge in [-0.05, 0) is 24.7 Å². The Morgan fingerprint density at radius 3 is 3.05 bits per heavy atom. The summed E-state index contributed by atoms with van der Waals surface area (Å²) in [5.41, 5.74) is 0.767. The molecule has 0 spiro atoms. The molecule has 2 unspecified atom stereocenters. The first-order chi connectivity index (χ1) is 10.3. The quantitative estimate of drug-likeness (QED) is 0.788. The Balaban J connectivity index is 1.63. The Labute approximate surface area is 125 Å². The van der Waals surface area contributed by atoms with Crippen LogP contribution in [0.3, 0.4) is 0 Å². The fourth-order valence-electron chi connectivity index (χ4n) is 3.30. The van der Waals surface area contributed by atoms with Gasteiger partial charge in [-0.3, -0.25) is 5.10 Å². The average molecular weight is 288 g/mol. The second kappa shape index (κ2) is 6.28. The molecule has 3 N–H and O–H groups in total. The van der Waals surface area contributed by atoms with Gasteiger partial charge in [-0.25, -0.2) is 0 Å². The first-order valence-corrected chi connectivity index (χ1v) is 7.89. The van der Waals surface area contributed by atoms with Crippen LogP contribution in [0.15, 0.2) is 6.20 Å². The van der Waals surface area contributed by atoms with E-state index in [1.807, 2.05) is 7.05 Å². The molecule has 0 aromatic carbocycles. The van der Waals surface area contributed by atoms with Crippen molar-refractivity contribution in [2.75, 3.05) is 24.2 Å². The topological polar surface area (TPSA) is 78.5 Å². The Morgan fingerprint density at radius 1 is 1.33 bits per heavy atom. The van der Waals surface area contributed by atoms with Gasteiger partial charge in [-0.1, -0.05) is 26.2 Å². The number of aromatic nitrogens is 4. The largest absolute Gasteiger partial charge is 0.369 e. The summed E-state index contributed by atoms with van der Waals surface area (Å²) >= 11 is 0. The van der Waals surface area contributed by atoms with Crippen LogP contribution in [-0.4, -0.2) is 33.8 Å². The molecule has 0 bridgehead atoms. The number of H-pyrrole nitrogens is 1. The molecule has 6 nitrogen and oxygen atoms in total. The van der Waals surface area contributed by atoms with Crippen molar-refractivity contribution in [1.29, 1.82) is 0 Å². The number of anilines is 2. The SMILES string of the molecule is CNc1nc(NCCC2CCCC(C)C2)c2cn[nH]c2n1. The maximum atomic E-state index is 4.50. The molecule has 2 aromatic rings. The molecule has 0 radical (unpaired) electrons. The molecule has 21 heavy (non-hydrogen) atoms. The van der Waals surface area contributed by atoms with Crippen LogP contribution in [0.4, 0.5) is 11.8 Å². The molecule has 1 saturated carbocycles. The molecule has 1 fully saturated rings. The van der Waals surface area contributed by atoms with E-state index in [-0.39, 0.29) is 0 Å². The van der Waals surface area contributed by atoms with E-state index < -0.39 is 0 Å². The van der Waals surface area contributed by atoms with Gasteiger partial charge in [0.2, 0.25) is 5.95 Å². The van der Waals surface area contributed by atoms with Crippen molar-refractivity contribution in [3.8, 4) is 0 Å². The van der Waals surface area contributed by atoms with E-state index >= 15 is 0 Å². The summed E-state index contributed by atoms with van der Waals surface area (Å²) in [6, 6.07) is 0. The van der Waals surface area contributed by atoms with Crippen LogP contribution in [0.25, 0.3) is 11.0 Å². The summed E-state index contributed by atoms with van der Waals surface area (Å²) in [6.45, 7) is 3.33. The normalized spacial score (nSPS) is 22.4. The highest BCUT2D eigenvalue weighted by molar-refractivity contribution is 5.86. The van der Waals surface area contributed by atoms with Crippen molar-refractivity contribution in [1.82, 2.24) is 20.2 Å². The van der Waals surface area contributed by atoms with Gasteiger partial charge in [-0.15, -0.1) is 0 Å². The Kier molecular flexibility index (Phi) is 4.22. The standard InChI is InChI=1S/C15H24N6/c1-10-4-3-5-11(8-10)6-7-17-13-12-9-18-21-14(12)20-15(16-2)19-13/h9-11H,3-8H2,1-2H3,(H3,16,17,18,19,20,21). The fourth-order valence-corrected chi connectivity index (χ4v) is 3.30. The minimum absolute atomic E-state index is 0.612. The summed E-state index contributed by atoms with van der Waals surface area (Å²) < 4.78 is 0. The third kappa shape index (κ3) is 3.25. The third-order valence-corrected chi connectivity index (χ3v) is 4.42. The predicted octanol–water partition coefficient (Wildman–Crippen LogP) is 3.02. The summed E-state index contributed by atoms with van der Waals surface area (Å²) in [5.74, 6) is 3.22. The van der Waals surface area contributed by atoms with Gasteiger partial charge in [0.1, 0.15) is 5.82 Å². The summed E-state index contributed by atoms with van der Waals surface area (Å²) in [7, 11) is 1.82. The van der Waals surface area contributed by atoms with Gasteiger partial charge < -0.3 is 10.6 Å². The van der Waals surface area contributed by atoms with E-state index in [1.165, 1.54) is 32.1 Å². The van der Waals surface area contributed by atoms with E-state index in [0.29, 0.717) is 5.95 Å². The van der Waals surface area contributed by atoms with E-state index in [4.69, 9.17) is 0 Å². The van der Waals surface area contributed by atoms with Gasteiger partial charge in [0.25, 0.3) is 0 Å². The number of nitrogens with zero attached hydrogens (tertiary/aromatic N) is 3. The molecule has 3 rings (SSSR count). The zero-order valence-corrected chi connectivity index (χ0v) is 12.8. The third-order valence-electron chi connectivity index (χ3n) is 4.42. The molecule has 0 amide bonds. The van der Waals surface area contributed by atoms with Crippen LogP contribution in [0, 0.1) is 11.8 Å². The molecular weight excluding hydrogens is 264 g/mol. The van der Waals surface area contributed by atoms with Crippen LogP contribution < -0.4 is 10.6 Å².